The van der Waals surface area contributed by atoms with Gasteiger partial charge in [-0.1, -0.05) is 25.1 Å². The number of rotatable bonds is 4. The molecule has 0 aliphatic heterocycles. The van der Waals surface area contributed by atoms with Gasteiger partial charge in [0.15, 0.2) is 0 Å². The highest BCUT2D eigenvalue weighted by Gasteiger charge is 2.19. The molecule has 3 rings (SSSR count). The summed E-state index contributed by atoms with van der Waals surface area (Å²) in [6.45, 7) is 5.21. The molecule has 0 spiro atoms. The van der Waals surface area contributed by atoms with E-state index in [0.29, 0.717) is 0 Å². The molecule has 0 saturated carbocycles. The molecular formula is C16H17NOS. The van der Waals surface area contributed by atoms with Crippen LogP contribution in [0.5, 0.6) is 0 Å². The molecule has 0 bridgehead atoms. The third kappa shape index (κ3) is 2.31. The van der Waals surface area contributed by atoms with E-state index in [1.54, 1.807) is 0 Å². The highest BCUT2D eigenvalue weighted by atomic mass is 32.1. The Labute approximate surface area is 117 Å². The third-order valence-electron chi connectivity index (χ3n) is 3.28. The normalized spacial score (nSPS) is 12.9. The first-order valence-corrected chi connectivity index (χ1v) is 7.37. The van der Waals surface area contributed by atoms with Crippen LogP contribution in [0.15, 0.2) is 47.1 Å². The maximum absolute atomic E-state index is 5.67. The van der Waals surface area contributed by atoms with Crippen molar-refractivity contribution in [3.63, 3.8) is 0 Å². The second-order valence-electron chi connectivity index (χ2n) is 4.63. The number of hydrogen-bond acceptors (Lipinski definition) is 3. The van der Waals surface area contributed by atoms with E-state index in [4.69, 9.17) is 4.42 Å². The first-order chi connectivity index (χ1) is 9.29. The van der Waals surface area contributed by atoms with Crippen LogP contribution in [0.2, 0.25) is 0 Å². The maximum atomic E-state index is 5.67. The van der Waals surface area contributed by atoms with Gasteiger partial charge in [0.25, 0.3) is 0 Å². The lowest BCUT2D eigenvalue weighted by Gasteiger charge is -2.15. The van der Waals surface area contributed by atoms with Crippen LogP contribution in [0.3, 0.4) is 0 Å². The van der Waals surface area contributed by atoms with Crippen LogP contribution in [0.4, 0.5) is 0 Å². The molecular weight excluding hydrogens is 254 g/mol. The second kappa shape index (κ2) is 5.19. The summed E-state index contributed by atoms with van der Waals surface area (Å²) in [7, 11) is 0. The minimum Gasteiger partial charge on any atom is -0.464 e. The van der Waals surface area contributed by atoms with Crippen molar-refractivity contribution in [2.75, 3.05) is 6.54 Å². The fourth-order valence-electron chi connectivity index (χ4n) is 2.40. The summed E-state index contributed by atoms with van der Waals surface area (Å²) in [6.07, 6.45) is 1.88. The van der Waals surface area contributed by atoms with E-state index in [1.807, 2.05) is 29.7 Å². The number of furan rings is 1. The van der Waals surface area contributed by atoms with Crippen molar-refractivity contribution in [3.05, 3.63) is 58.0 Å². The molecule has 3 aromatic rings. The van der Waals surface area contributed by atoms with Gasteiger partial charge in [0, 0.05) is 20.7 Å². The Bertz CT molecular complexity index is 683. The predicted molar refractivity (Wildman–Crippen MR) is 80.8 cm³/mol. The van der Waals surface area contributed by atoms with Crippen molar-refractivity contribution in [2.24, 2.45) is 0 Å². The number of nitrogens with one attached hydrogen (secondary N) is 1. The minimum atomic E-state index is 0.215. The molecule has 0 aliphatic rings. The highest BCUT2D eigenvalue weighted by Crippen LogP contribution is 2.33. The van der Waals surface area contributed by atoms with Gasteiger partial charge in [-0.25, -0.2) is 0 Å². The molecule has 2 nitrogen and oxygen atoms in total. The SMILES string of the molecule is CCNC(c1ccc(C)s1)c1coc2ccccc12. The van der Waals surface area contributed by atoms with E-state index in [9.17, 15) is 0 Å². The van der Waals surface area contributed by atoms with Crippen LogP contribution in [0.1, 0.15) is 28.3 Å². The van der Waals surface area contributed by atoms with Gasteiger partial charge in [0.2, 0.25) is 0 Å². The number of thiophene rings is 1. The fourth-order valence-corrected chi connectivity index (χ4v) is 3.37. The summed E-state index contributed by atoms with van der Waals surface area (Å²) in [5, 5.41) is 4.75. The molecule has 98 valence electrons. The van der Waals surface area contributed by atoms with Crippen molar-refractivity contribution in [1.82, 2.24) is 5.32 Å². The zero-order chi connectivity index (χ0) is 13.2. The Morgan fingerprint density at radius 2 is 2.05 bits per heavy atom. The van der Waals surface area contributed by atoms with Crippen LogP contribution in [-0.4, -0.2) is 6.54 Å². The van der Waals surface area contributed by atoms with Crippen LogP contribution >= 0.6 is 11.3 Å². The summed E-state index contributed by atoms with van der Waals surface area (Å²) in [5.41, 5.74) is 2.17. The lowest BCUT2D eigenvalue weighted by molar-refractivity contribution is 0.588. The Morgan fingerprint density at radius 1 is 1.21 bits per heavy atom. The molecule has 0 fully saturated rings. The van der Waals surface area contributed by atoms with E-state index in [1.165, 1.54) is 20.7 Å². The molecule has 1 aromatic carbocycles. The van der Waals surface area contributed by atoms with E-state index in [2.05, 4.69) is 43.4 Å². The van der Waals surface area contributed by atoms with Gasteiger partial charge in [-0.3, -0.25) is 0 Å². The van der Waals surface area contributed by atoms with Gasteiger partial charge < -0.3 is 9.73 Å². The first-order valence-electron chi connectivity index (χ1n) is 6.55. The number of fused-ring (bicyclic) bond motifs is 1. The summed E-state index contributed by atoms with van der Waals surface area (Å²) in [4.78, 5) is 2.68. The average molecular weight is 271 g/mol. The lowest BCUT2D eigenvalue weighted by atomic mass is 10.0. The summed E-state index contributed by atoms with van der Waals surface area (Å²) >= 11 is 1.84. The Hall–Kier alpha value is -1.58. The quantitative estimate of drug-likeness (QED) is 0.755. The van der Waals surface area contributed by atoms with Gasteiger partial charge in [0.05, 0.1) is 12.3 Å². The number of benzene rings is 1. The topological polar surface area (TPSA) is 25.2 Å². The van der Waals surface area contributed by atoms with Crippen LogP contribution in [0.25, 0.3) is 11.0 Å². The number of aryl methyl sites for hydroxylation is 1. The molecule has 1 atom stereocenters. The van der Waals surface area contributed by atoms with Gasteiger partial charge in [0.1, 0.15) is 5.58 Å². The van der Waals surface area contributed by atoms with Crippen molar-refractivity contribution >= 4 is 22.3 Å². The van der Waals surface area contributed by atoms with E-state index in [-0.39, 0.29) is 6.04 Å². The standard InChI is InChI=1S/C16H17NOS/c1-3-17-16(15-9-8-11(2)19-15)13-10-18-14-7-5-4-6-12(13)14/h4-10,16-17H,3H2,1-2H3. The van der Waals surface area contributed by atoms with Crippen molar-refractivity contribution < 1.29 is 4.42 Å². The summed E-state index contributed by atoms with van der Waals surface area (Å²) < 4.78 is 5.67. The molecule has 1 unspecified atom stereocenters. The number of para-hydroxylation sites is 1. The van der Waals surface area contributed by atoms with Gasteiger partial charge in [-0.15, -0.1) is 11.3 Å². The van der Waals surface area contributed by atoms with Crippen LogP contribution < -0.4 is 5.32 Å². The molecule has 2 aromatic heterocycles. The molecule has 0 aliphatic carbocycles. The molecule has 2 heterocycles. The van der Waals surface area contributed by atoms with E-state index < -0.39 is 0 Å². The van der Waals surface area contributed by atoms with Gasteiger partial charge in [-0.2, -0.15) is 0 Å². The Kier molecular flexibility index (Phi) is 3.40. The summed E-state index contributed by atoms with van der Waals surface area (Å²) in [6, 6.07) is 12.8. The Morgan fingerprint density at radius 3 is 2.79 bits per heavy atom. The van der Waals surface area contributed by atoms with Crippen LogP contribution in [-0.2, 0) is 0 Å². The fraction of sp³-hybridized carbons (Fsp3) is 0.250. The molecule has 0 radical (unpaired) electrons. The monoisotopic (exact) mass is 271 g/mol. The van der Waals surface area contributed by atoms with E-state index in [0.717, 1.165) is 12.1 Å². The molecule has 0 saturated heterocycles. The zero-order valence-electron chi connectivity index (χ0n) is 11.1. The minimum absolute atomic E-state index is 0.215. The van der Waals surface area contributed by atoms with E-state index >= 15 is 0 Å². The predicted octanol–water partition coefficient (Wildman–Crippen LogP) is 4.50. The average Bonchev–Trinajstić information content (AvgIpc) is 3.03. The third-order valence-corrected chi connectivity index (χ3v) is 4.34. The van der Waals surface area contributed by atoms with Gasteiger partial charge in [-0.05, 0) is 31.7 Å². The smallest absolute Gasteiger partial charge is 0.134 e. The maximum Gasteiger partial charge on any atom is 0.134 e. The zero-order valence-corrected chi connectivity index (χ0v) is 12.0. The van der Waals surface area contributed by atoms with Crippen molar-refractivity contribution in [2.45, 2.75) is 19.9 Å². The first kappa shape index (κ1) is 12.5. The van der Waals surface area contributed by atoms with Gasteiger partial charge >= 0.3 is 0 Å². The molecule has 0 amide bonds. The highest BCUT2D eigenvalue weighted by molar-refractivity contribution is 7.12. The molecule has 3 heteroatoms. The summed E-state index contributed by atoms with van der Waals surface area (Å²) in [5.74, 6) is 0. The molecule has 19 heavy (non-hydrogen) atoms. The molecule has 1 N–H and O–H groups in total. The second-order valence-corrected chi connectivity index (χ2v) is 5.95. The van der Waals surface area contributed by atoms with Crippen LogP contribution in [0, 0.1) is 6.92 Å². The number of hydrogen-bond donors (Lipinski definition) is 1. The Balaban J connectivity index is 2.09. The van der Waals surface area contributed by atoms with Crippen molar-refractivity contribution in [3.8, 4) is 0 Å². The lowest BCUT2D eigenvalue weighted by Crippen LogP contribution is -2.20. The van der Waals surface area contributed by atoms with Crippen molar-refractivity contribution in [1.29, 1.82) is 0 Å². The largest absolute Gasteiger partial charge is 0.464 e.